The molecule has 10 unspecified atom stereocenters. The molecule has 0 radical (unpaired) electrons. The Bertz CT molecular complexity index is 2150. The van der Waals surface area contributed by atoms with Crippen LogP contribution in [0.3, 0.4) is 0 Å². The normalized spacial score (nSPS) is 24.4. The molecule has 4 aliphatic carbocycles. The fourth-order valence-electron chi connectivity index (χ4n) is 14.4. The molecule has 0 saturated heterocycles. The van der Waals surface area contributed by atoms with Crippen molar-refractivity contribution in [3.63, 3.8) is 0 Å². The van der Waals surface area contributed by atoms with Gasteiger partial charge in [-0.05, 0) is 194 Å². The summed E-state index contributed by atoms with van der Waals surface area (Å²) in [4.78, 5) is 68.0. The first-order valence-electron chi connectivity index (χ1n) is 33.0. The molecule has 0 amide bonds. The van der Waals surface area contributed by atoms with Crippen LogP contribution in [0.4, 0.5) is 0 Å². The Morgan fingerprint density at radius 2 is 1.14 bits per heavy atom. The second-order valence-electron chi connectivity index (χ2n) is 26.5. The van der Waals surface area contributed by atoms with E-state index in [2.05, 4.69) is 73.6 Å². The Balaban J connectivity index is 1.02. The molecule has 81 heavy (non-hydrogen) atoms. The molecule has 0 N–H and O–H groups in total. The number of unbranched alkanes of at least 4 members (excludes halogenated alkanes) is 13. The Morgan fingerprint density at radius 1 is 0.605 bits per heavy atom. The fourth-order valence-corrected chi connectivity index (χ4v) is 14.4. The highest BCUT2D eigenvalue weighted by atomic mass is 16.6. The Hall–Kier alpha value is -3.99. The number of allylic oxidation sites excluding steroid dienone is 3. The lowest BCUT2D eigenvalue weighted by atomic mass is 9.47. The van der Waals surface area contributed by atoms with Crippen molar-refractivity contribution in [1.82, 2.24) is 4.90 Å². The summed E-state index contributed by atoms with van der Waals surface area (Å²) in [6, 6.07) is 4.20. The van der Waals surface area contributed by atoms with E-state index in [0.717, 1.165) is 88.5 Å². The summed E-state index contributed by atoms with van der Waals surface area (Å²) in [5, 5.41) is 0. The van der Waals surface area contributed by atoms with E-state index in [1.165, 1.54) is 101 Å². The lowest BCUT2D eigenvalue weighted by Crippen LogP contribution is -2.51. The van der Waals surface area contributed by atoms with E-state index in [-0.39, 0.29) is 66.1 Å². The number of hydrogen-bond acceptors (Lipinski definition) is 11. The maximum absolute atomic E-state index is 13.4. The quantitative estimate of drug-likeness (QED) is 0.0271. The Morgan fingerprint density at radius 3 is 1.73 bits per heavy atom. The highest BCUT2D eigenvalue weighted by molar-refractivity contribution is 6.00. The number of carbonyl (C=O) groups excluding carboxylic acids is 5. The minimum absolute atomic E-state index is 0.00293. The van der Waals surface area contributed by atoms with E-state index < -0.39 is 17.9 Å². The van der Waals surface area contributed by atoms with E-state index in [4.69, 9.17) is 23.7 Å². The van der Waals surface area contributed by atoms with E-state index in [1.54, 1.807) is 0 Å². The molecule has 458 valence electrons. The number of esters is 5. The summed E-state index contributed by atoms with van der Waals surface area (Å²) in [5.41, 5.74) is 2.30. The van der Waals surface area contributed by atoms with Crippen molar-refractivity contribution in [3.8, 4) is 0 Å². The molecule has 0 aromatic heterocycles. The monoisotopic (exact) mass is 1130 g/mol. The smallest absolute Gasteiger partial charge is 0.338 e. The Kier molecular flexibility index (Phi) is 29.6. The highest BCUT2D eigenvalue weighted by Crippen LogP contribution is 2.67. The first kappa shape index (κ1) is 67.8. The first-order chi connectivity index (χ1) is 38.9. The maximum atomic E-state index is 13.4. The van der Waals surface area contributed by atoms with Crippen molar-refractivity contribution in [2.75, 3.05) is 40.5 Å². The van der Waals surface area contributed by atoms with Gasteiger partial charge < -0.3 is 28.6 Å². The van der Waals surface area contributed by atoms with Crippen molar-refractivity contribution < 1.29 is 47.7 Å². The summed E-state index contributed by atoms with van der Waals surface area (Å²) in [6.07, 6.45) is 36.8. The van der Waals surface area contributed by atoms with Crippen LogP contribution >= 0.6 is 0 Å². The predicted molar refractivity (Wildman–Crippen MR) is 326 cm³/mol. The third-order valence-corrected chi connectivity index (χ3v) is 19.8. The molecule has 0 aliphatic heterocycles. The average Bonchev–Trinajstić information content (AvgIpc) is 2.56. The number of hydrogen-bond donors (Lipinski definition) is 0. The van der Waals surface area contributed by atoms with E-state index in [0.29, 0.717) is 80.5 Å². The lowest BCUT2D eigenvalue weighted by molar-refractivity contribution is -0.152. The van der Waals surface area contributed by atoms with Gasteiger partial charge in [-0.1, -0.05) is 143 Å². The zero-order chi connectivity index (χ0) is 58.8. The van der Waals surface area contributed by atoms with Gasteiger partial charge in [0.15, 0.2) is 0 Å². The van der Waals surface area contributed by atoms with Gasteiger partial charge in [0.25, 0.3) is 0 Å². The number of benzene rings is 1. The van der Waals surface area contributed by atoms with Crippen LogP contribution in [0.1, 0.15) is 279 Å². The number of fused-ring (bicyclic) bond motifs is 5. The van der Waals surface area contributed by atoms with Gasteiger partial charge in [-0.3, -0.25) is 9.59 Å². The molecule has 10 atom stereocenters. The highest BCUT2D eigenvalue weighted by Gasteiger charge is 2.59. The van der Waals surface area contributed by atoms with Gasteiger partial charge in [0.2, 0.25) is 0 Å². The molecule has 0 spiro atoms. The molecule has 4 aliphatic rings. The minimum atomic E-state index is -0.661. The van der Waals surface area contributed by atoms with Crippen LogP contribution in [-0.4, -0.2) is 87.4 Å². The minimum Gasteiger partial charge on any atom is -0.462 e. The molecule has 11 nitrogen and oxygen atoms in total. The molecule has 1 aromatic rings. The van der Waals surface area contributed by atoms with Crippen molar-refractivity contribution in [2.45, 2.75) is 260 Å². The van der Waals surface area contributed by atoms with Crippen LogP contribution in [0.2, 0.25) is 0 Å². The van der Waals surface area contributed by atoms with Crippen molar-refractivity contribution >= 4 is 29.8 Å². The summed E-state index contributed by atoms with van der Waals surface area (Å²) >= 11 is 0. The maximum Gasteiger partial charge on any atom is 0.338 e. The molecular weight excluding hydrogens is 1010 g/mol. The molecule has 11 heteroatoms. The van der Waals surface area contributed by atoms with Gasteiger partial charge >= 0.3 is 29.8 Å². The third kappa shape index (κ3) is 21.5. The van der Waals surface area contributed by atoms with Gasteiger partial charge in [0.1, 0.15) is 12.2 Å². The zero-order valence-corrected chi connectivity index (χ0v) is 52.7. The van der Waals surface area contributed by atoms with E-state index in [9.17, 15) is 24.0 Å². The number of rotatable bonds is 38. The lowest BCUT2D eigenvalue weighted by Gasteiger charge is -2.58. The second-order valence-corrected chi connectivity index (χ2v) is 26.5. The van der Waals surface area contributed by atoms with Gasteiger partial charge in [-0.2, -0.15) is 0 Å². The molecule has 3 fully saturated rings. The summed E-state index contributed by atoms with van der Waals surface area (Å²) < 4.78 is 28.9. The van der Waals surface area contributed by atoms with E-state index >= 15 is 0 Å². The summed E-state index contributed by atoms with van der Waals surface area (Å²) in [6.45, 7) is 20.3. The van der Waals surface area contributed by atoms with Crippen molar-refractivity contribution in [2.24, 2.45) is 52.3 Å². The topological polar surface area (TPSA) is 135 Å². The fraction of sp³-hybridized carbons (Fsp3) is 0.786. The second kappa shape index (κ2) is 35.3. The van der Waals surface area contributed by atoms with Gasteiger partial charge in [0.05, 0.1) is 36.5 Å². The molecule has 3 saturated carbocycles. The SMILES string of the molecule is CCCCCCCCC(CCCCCC)OC(=O)CCCCCCOC(=O)c1cc(C(=O)OCCCCCC(=O)OC2CCC3(C)C(=CCC4C3CCC3(C)C(C(C)/C=C/C(C)C(C)C)CCC43)C2)cc(C(=O)OCCCN(C)C)c1. The number of carbonyl (C=O) groups is 5. The predicted octanol–water partition coefficient (Wildman–Crippen LogP) is 17.2. The molecule has 1 aromatic carbocycles. The Labute approximate surface area is 492 Å². The van der Waals surface area contributed by atoms with Crippen LogP contribution in [0.15, 0.2) is 42.0 Å². The number of ether oxygens (including phenoxy) is 5. The third-order valence-electron chi connectivity index (χ3n) is 19.8. The molecule has 0 bridgehead atoms. The van der Waals surface area contributed by atoms with Crippen LogP contribution in [-0.2, 0) is 33.3 Å². The summed E-state index contributed by atoms with van der Waals surface area (Å²) in [7, 11) is 3.89. The van der Waals surface area contributed by atoms with Crippen LogP contribution in [0, 0.1) is 52.3 Å². The van der Waals surface area contributed by atoms with Gasteiger partial charge in [-0.25, -0.2) is 14.4 Å². The first-order valence-corrected chi connectivity index (χ1v) is 33.0. The average molecular weight is 1130 g/mol. The zero-order valence-electron chi connectivity index (χ0n) is 52.7. The van der Waals surface area contributed by atoms with Crippen LogP contribution in [0.5, 0.6) is 0 Å². The van der Waals surface area contributed by atoms with Gasteiger partial charge in [0, 0.05) is 25.8 Å². The van der Waals surface area contributed by atoms with Crippen LogP contribution < -0.4 is 0 Å². The molecular formula is C70H113NO10. The van der Waals surface area contributed by atoms with Crippen molar-refractivity contribution in [1.29, 1.82) is 0 Å². The molecule has 0 heterocycles. The van der Waals surface area contributed by atoms with Crippen LogP contribution in [0.25, 0.3) is 0 Å². The van der Waals surface area contributed by atoms with Crippen molar-refractivity contribution in [3.05, 3.63) is 58.7 Å². The van der Waals surface area contributed by atoms with E-state index in [1.807, 2.05) is 19.0 Å². The summed E-state index contributed by atoms with van der Waals surface area (Å²) in [5.74, 6) is 2.66. The largest absolute Gasteiger partial charge is 0.462 e. The molecule has 5 rings (SSSR count). The number of nitrogens with zero attached hydrogens (tertiary/aromatic N) is 1. The standard InChI is InChI=1S/C70H113NO10/c1-11-13-15-17-18-23-30-58(29-22-16-14-12-2)80-64(72)31-24-19-20-26-44-77-66(74)54-47-55(49-56(48-54)68(76)79-46-28-43-71(9)10)67(75)78-45-27-21-25-32-65(73)81-59-39-41-69(7)57(50-59)35-36-60-62-38-37-61(70(62,8)42-40-63(60)69)53(6)34-33-52(5)51(3)4/h33-35,47-49,51-53,58-63H,11-32,36-46,50H2,1-10H3/b34-33+. The van der Waals surface area contributed by atoms with Gasteiger partial charge in [-0.15, -0.1) is 0 Å².